The van der Waals surface area contributed by atoms with Crippen LogP contribution in [0.2, 0.25) is 6.04 Å². The van der Waals surface area contributed by atoms with Crippen LogP contribution in [0.25, 0.3) is 0 Å². The maximum absolute atomic E-state index is 11.3. The second kappa shape index (κ2) is 12.9. The van der Waals surface area contributed by atoms with Crippen LogP contribution in [0.5, 0.6) is 0 Å². The monoisotopic (exact) mass is 364 g/mol. The van der Waals surface area contributed by atoms with E-state index in [1.165, 1.54) is 20.8 Å². The Bertz CT molecular complexity index is 358. The van der Waals surface area contributed by atoms with Crippen molar-refractivity contribution in [3.63, 3.8) is 0 Å². The SMILES string of the molecule is CCCCOCCOCCC[Si](OC(C)=O)(OC(C)=O)OC(C)=O. The molecule has 9 heteroatoms. The normalized spacial score (nSPS) is 11.0. The summed E-state index contributed by atoms with van der Waals surface area (Å²) in [7, 11) is -3.73. The molecule has 0 aromatic carbocycles. The molecule has 0 atom stereocenters. The lowest BCUT2D eigenvalue weighted by atomic mass is 10.4. The summed E-state index contributed by atoms with van der Waals surface area (Å²) in [6, 6.07) is 0.114. The van der Waals surface area contributed by atoms with Gasteiger partial charge in [-0.1, -0.05) is 13.3 Å². The van der Waals surface area contributed by atoms with E-state index in [0.29, 0.717) is 32.8 Å². The van der Waals surface area contributed by atoms with Crippen molar-refractivity contribution in [1.82, 2.24) is 0 Å². The lowest BCUT2D eigenvalue weighted by Gasteiger charge is -2.26. The molecule has 0 rings (SSSR count). The number of hydrogen-bond acceptors (Lipinski definition) is 8. The quantitative estimate of drug-likeness (QED) is 0.361. The van der Waals surface area contributed by atoms with Gasteiger partial charge in [-0.2, -0.15) is 0 Å². The first-order valence-corrected chi connectivity index (χ1v) is 9.98. The largest absolute Gasteiger partial charge is 0.705 e. The molecule has 0 aromatic rings. The minimum atomic E-state index is -3.73. The third kappa shape index (κ3) is 12.0. The van der Waals surface area contributed by atoms with Gasteiger partial charge < -0.3 is 22.8 Å². The van der Waals surface area contributed by atoms with Gasteiger partial charge in [-0.15, -0.1) is 0 Å². The van der Waals surface area contributed by atoms with Gasteiger partial charge in [-0.05, 0) is 12.8 Å². The molecule has 0 bridgehead atoms. The summed E-state index contributed by atoms with van der Waals surface area (Å²) in [6.45, 7) is 7.58. The zero-order chi connectivity index (χ0) is 18.4. The zero-order valence-electron chi connectivity index (χ0n) is 14.9. The average Bonchev–Trinajstić information content (AvgIpc) is 2.43. The summed E-state index contributed by atoms with van der Waals surface area (Å²) >= 11 is 0. The van der Waals surface area contributed by atoms with Gasteiger partial charge in [0.25, 0.3) is 17.9 Å². The van der Waals surface area contributed by atoms with Gasteiger partial charge in [0.1, 0.15) is 0 Å². The fourth-order valence-corrected chi connectivity index (χ4v) is 4.15. The van der Waals surface area contributed by atoms with Gasteiger partial charge in [0, 0.05) is 34.0 Å². The van der Waals surface area contributed by atoms with Crippen LogP contribution in [-0.4, -0.2) is 53.1 Å². The highest BCUT2D eigenvalue weighted by Gasteiger charge is 2.51. The predicted molar refractivity (Wildman–Crippen MR) is 87.0 cm³/mol. The molecule has 8 nitrogen and oxygen atoms in total. The molecule has 0 saturated heterocycles. The summed E-state index contributed by atoms with van der Waals surface area (Å²) in [4.78, 5) is 33.8. The maximum atomic E-state index is 11.3. The zero-order valence-corrected chi connectivity index (χ0v) is 15.9. The lowest BCUT2D eigenvalue weighted by Crippen LogP contribution is -2.49. The van der Waals surface area contributed by atoms with Gasteiger partial charge in [-0.3, -0.25) is 14.4 Å². The molecule has 0 saturated carbocycles. The Morgan fingerprint density at radius 2 is 1.12 bits per heavy atom. The van der Waals surface area contributed by atoms with Crippen LogP contribution in [0.15, 0.2) is 0 Å². The van der Waals surface area contributed by atoms with Crippen LogP contribution in [0.3, 0.4) is 0 Å². The number of unbranched alkanes of at least 4 members (excludes halogenated alkanes) is 1. The Kier molecular flexibility index (Phi) is 12.1. The second-order valence-corrected chi connectivity index (χ2v) is 7.62. The van der Waals surface area contributed by atoms with E-state index in [0.717, 1.165) is 12.8 Å². The summed E-state index contributed by atoms with van der Waals surface area (Å²) in [5.74, 6) is -2.02. The van der Waals surface area contributed by atoms with Gasteiger partial charge in [-0.25, -0.2) is 0 Å². The molecule has 0 N–H and O–H groups in total. The molecule has 0 unspecified atom stereocenters. The summed E-state index contributed by atoms with van der Waals surface area (Å²) in [6.07, 6.45) is 2.51. The Hall–Kier alpha value is -1.45. The molecule has 0 heterocycles. The highest BCUT2D eigenvalue weighted by molar-refractivity contribution is 6.65. The van der Waals surface area contributed by atoms with E-state index in [1.807, 2.05) is 0 Å². The fraction of sp³-hybridized carbons (Fsp3) is 0.800. The van der Waals surface area contributed by atoms with Gasteiger partial charge >= 0.3 is 8.80 Å². The van der Waals surface area contributed by atoms with Crippen molar-refractivity contribution < 1.29 is 37.1 Å². The Morgan fingerprint density at radius 1 is 0.708 bits per heavy atom. The van der Waals surface area contributed by atoms with E-state index in [4.69, 9.17) is 22.8 Å². The summed E-state index contributed by atoms with van der Waals surface area (Å²) < 4.78 is 26.0. The van der Waals surface area contributed by atoms with Crippen LogP contribution >= 0.6 is 0 Å². The van der Waals surface area contributed by atoms with E-state index >= 15 is 0 Å². The van der Waals surface area contributed by atoms with E-state index in [2.05, 4.69) is 6.92 Å². The van der Waals surface area contributed by atoms with Crippen molar-refractivity contribution in [2.45, 2.75) is 53.0 Å². The highest BCUT2D eigenvalue weighted by Crippen LogP contribution is 2.19. The maximum Gasteiger partial charge on any atom is 0.705 e. The van der Waals surface area contributed by atoms with Crippen LogP contribution in [0.1, 0.15) is 47.0 Å². The molecule has 0 aliphatic heterocycles. The minimum Gasteiger partial charge on any atom is -0.455 e. The Balaban J connectivity index is 4.31. The standard InChI is InChI=1S/C15H28O8Si/c1-5-6-8-19-10-11-20-9-7-12-24(21-13(2)16,22-14(3)17)23-15(4)18/h5-12H2,1-4H3. The minimum absolute atomic E-state index is 0.114. The molecule has 0 aromatic heterocycles. The fourth-order valence-electron chi connectivity index (χ4n) is 1.83. The average molecular weight is 364 g/mol. The first-order valence-electron chi connectivity index (χ1n) is 8.05. The lowest BCUT2D eigenvalue weighted by molar-refractivity contribution is -0.147. The molecule has 140 valence electrons. The first-order chi connectivity index (χ1) is 11.3. The molecule has 0 aliphatic carbocycles. The molecule has 0 radical (unpaired) electrons. The summed E-state index contributed by atoms with van der Waals surface area (Å²) in [5, 5.41) is 0. The molecule has 0 amide bonds. The van der Waals surface area contributed by atoms with Gasteiger partial charge in [0.15, 0.2) is 0 Å². The topological polar surface area (TPSA) is 97.4 Å². The smallest absolute Gasteiger partial charge is 0.455 e. The number of hydrogen-bond donors (Lipinski definition) is 0. The second-order valence-electron chi connectivity index (χ2n) is 5.15. The number of carbonyl (C=O) groups is 3. The van der Waals surface area contributed by atoms with Crippen molar-refractivity contribution in [3.8, 4) is 0 Å². The van der Waals surface area contributed by atoms with Gasteiger partial charge in [0.05, 0.1) is 19.3 Å². The highest BCUT2D eigenvalue weighted by atomic mass is 28.4. The Morgan fingerprint density at radius 3 is 1.50 bits per heavy atom. The third-order valence-electron chi connectivity index (χ3n) is 2.68. The van der Waals surface area contributed by atoms with Crippen molar-refractivity contribution in [1.29, 1.82) is 0 Å². The van der Waals surface area contributed by atoms with Crippen LogP contribution in [-0.2, 0) is 37.1 Å². The number of carbonyl (C=O) groups excluding carboxylic acids is 3. The van der Waals surface area contributed by atoms with E-state index in [1.54, 1.807) is 0 Å². The predicted octanol–water partition coefficient (Wildman–Crippen LogP) is 1.84. The number of rotatable bonds is 13. The van der Waals surface area contributed by atoms with E-state index in [9.17, 15) is 14.4 Å². The molecular weight excluding hydrogens is 336 g/mol. The third-order valence-corrected chi connectivity index (χ3v) is 5.44. The molecule has 0 aliphatic rings. The first kappa shape index (κ1) is 22.5. The van der Waals surface area contributed by atoms with E-state index < -0.39 is 26.7 Å². The summed E-state index contributed by atoms with van der Waals surface area (Å²) in [5.41, 5.74) is 0. The van der Waals surface area contributed by atoms with E-state index in [-0.39, 0.29) is 6.04 Å². The van der Waals surface area contributed by atoms with Gasteiger partial charge in [0.2, 0.25) is 0 Å². The molecule has 0 fully saturated rings. The van der Waals surface area contributed by atoms with Crippen molar-refractivity contribution in [2.24, 2.45) is 0 Å². The van der Waals surface area contributed by atoms with Crippen LogP contribution in [0, 0.1) is 0 Å². The van der Waals surface area contributed by atoms with Crippen molar-refractivity contribution in [2.75, 3.05) is 26.4 Å². The Labute approximate surface area is 144 Å². The molecular formula is C15H28O8Si. The van der Waals surface area contributed by atoms with Crippen LogP contribution in [0.4, 0.5) is 0 Å². The molecule has 0 spiro atoms. The van der Waals surface area contributed by atoms with Crippen LogP contribution < -0.4 is 0 Å². The van der Waals surface area contributed by atoms with Crippen molar-refractivity contribution in [3.05, 3.63) is 0 Å². The van der Waals surface area contributed by atoms with Crippen molar-refractivity contribution >= 4 is 26.7 Å². The number of ether oxygens (including phenoxy) is 2. The molecule has 24 heavy (non-hydrogen) atoms.